The number of pyridine rings is 1. The van der Waals surface area contributed by atoms with Gasteiger partial charge in [-0.25, -0.2) is 4.98 Å². The first-order chi connectivity index (χ1) is 10.7. The summed E-state index contributed by atoms with van der Waals surface area (Å²) in [5, 5.41) is 4.17. The van der Waals surface area contributed by atoms with Crippen LogP contribution in [-0.2, 0) is 13.0 Å². The molecule has 22 heavy (non-hydrogen) atoms. The highest BCUT2D eigenvalue weighted by atomic mass is 35.5. The molecule has 0 saturated heterocycles. The fourth-order valence-corrected chi connectivity index (χ4v) is 2.71. The molecule has 1 N–H and O–H groups in total. The number of rotatable bonds is 4. The van der Waals surface area contributed by atoms with Crippen molar-refractivity contribution >= 4 is 22.9 Å². The van der Waals surface area contributed by atoms with Crippen molar-refractivity contribution in [2.75, 3.05) is 5.32 Å². The van der Waals surface area contributed by atoms with Crippen molar-refractivity contribution in [2.45, 2.75) is 19.9 Å². The summed E-state index contributed by atoms with van der Waals surface area (Å²) in [7, 11) is 0. The third-order valence-corrected chi connectivity index (χ3v) is 4.01. The van der Waals surface area contributed by atoms with Crippen LogP contribution in [0.2, 0.25) is 5.02 Å². The molecule has 4 heteroatoms. The van der Waals surface area contributed by atoms with E-state index >= 15 is 0 Å². The van der Waals surface area contributed by atoms with Gasteiger partial charge in [0.25, 0.3) is 0 Å². The van der Waals surface area contributed by atoms with Gasteiger partial charge in [-0.05, 0) is 30.7 Å². The van der Waals surface area contributed by atoms with E-state index in [1.807, 2.05) is 53.9 Å². The lowest BCUT2D eigenvalue weighted by Crippen LogP contribution is -2.02. The smallest absolute Gasteiger partial charge is 0.160 e. The fraction of sp³-hybridized carbons (Fsp3) is 0.167. The van der Waals surface area contributed by atoms with Gasteiger partial charge in [0.2, 0.25) is 0 Å². The Bertz CT molecular complexity index is 858. The van der Waals surface area contributed by atoms with Crippen molar-refractivity contribution in [3.8, 4) is 12.3 Å². The van der Waals surface area contributed by atoms with Crippen LogP contribution in [0.4, 0.5) is 5.69 Å². The molecule has 3 aromatic rings. The minimum absolute atomic E-state index is 0.570. The van der Waals surface area contributed by atoms with Crippen LogP contribution in [0.1, 0.15) is 17.0 Å². The van der Waals surface area contributed by atoms with Gasteiger partial charge in [0.05, 0.1) is 23.5 Å². The zero-order valence-electron chi connectivity index (χ0n) is 12.3. The number of nitrogens with one attached hydrogen (secondary N) is 1. The average molecular weight is 310 g/mol. The Hall–Kier alpha value is -2.44. The Morgan fingerprint density at radius 2 is 2.09 bits per heavy atom. The maximum Gasteiger partial charge on any atom is 0.160 e. The third kappa shape index (κ3) is 2.66. The van der Waals surface area contributed by atoms with E-state index in [-0.39, 0.29) is 0 Å². The fourth-order valence-electron chi connectivity index (χ4n) is 2.51. The first kappa shape index (κ1) is 14.5. The lowest BCUT2D eigenvalue weighted by atomic mass is 10.2. The molecule has 3 rings (SSSR count). The lowest BCUT2D eigenvalue weighted by Gasteiger charge is -2.09. The number of benzene rings is 1. The summed E-state index contributed by atoms with van der Waals surface area (Å²) in [6.45, 7) is 2.63. The predicted molar refractivity (Wildman–Crippen MR) is 91.2 cm³/mol. The van der Waals surface area contributed by atoms with Crippen molar-refractivity contribution in [1.29, 1.82) is 0 Å². The molecule has 3 nitrogen and oxygen atoms in total. The van der Waals surface area contributed by atoms with E-state index in [2.05, 4.69) is 16.2 Å². The summed E-state index contributed by atoms with van der Waals surface area (Å²) in [5.41, 5.74) is 4.92. The normalized spacial score (nSPS) is 10.6. The molecule has 0 saturated carbocycles. The molecular formula is C18H16ClN3. The largest absolute Gasteiger partial charge is 0.378 e. The Morgan fingerprint density at radius 3 is 2.86 bits per heavy atom. The van der Waals surface area contributed by atoms with E-state index < -0.39 is 0 Å². The van der Waals surface area contributed by atoms with Crippen molar-refractivity contribution in [3.63, 3.8) is 0 Å². The molecule has 0 fully saturated rings. The van der Waals surface area contributed by atoms with Gasteiger partial charge < -0.3 is 9.72 Å². The van der Waals surface area contributed by atoms with Gasteiger partial charge in [0, 0.05) is 17.8 Å². The van der Waals surface area contributed by atoms with Gasteiger partial charge in [0.1, 0.15) is 0 Å². The van der Waals surface area contributed by atoms with Gasteiger partial charge in [0.15, 0.2) is 5.65 Å². The zero-order valence-corrected chi connectivity index (χ0v) is 13.1. The highest BCUT2D eigenvalue weighted by Gasteiger charge is 2.11. The van der Waals surface area contributed by atoms with E-state index in [1.54, 1.807) is 0 Å². The van der Waals surface area contributed by atoms with Crippen LogP contribution in [0.15, 0.2) is 42.6 Å². The van der Waals surface area contributed by atoms with Crippen LogP contribution < -0.4 is 5.32 Å². The standard InChI is InChI=1S/C18H16ClN3/c1-3-7-17-13(2)21-18-16(10-6-11-22(17)18)20-12-14-8-4-5-9-15(14)19/h1,4-6,8-11,20H,7,12H2,2H3. The Balaban J connectivity index is 1.93. The first-order valence-corrected chi connectivity index (χ1v) is 7.46. The predicted octanol–water partition coefficient (Wildman–Crippen LogP) is 4.08. The van der Waals surface area contributed by atoms with Crippen LogP contribution in [0.25, 0.3) is 5.65 Å². The SMILES string of the molecule is C#CCc1c(C)nc2c(NCc3ccccc3Cl)cccn12. The van der Waals surface area contributed by atoms with Crippen LogP contribution in [0.5, 0.6) is 0 Å². The highest BCUT2D eigenvalue weighted by Crippen LogP contribution is 2.22. The molecule has 110 valence electrons. The molecule has 0 aliphatic heterocycles. The molecule has 2 heterocycles. The molecule has 1 aromatic carbocycles. The van der Waals surface area contributed by atoms with E-state index in [0.717, 1.165) is 33.3 Å². The van der Waals surface area contributed by atoms with E-state index in [9.17, 15) is 0 Å². The number of aryl methyl sites for hydroxylation is 1. The second-order valence-corrected chi connectivity index (χ2v) is 5.49. The summed E-state index contributed by atoms with van der Waals surface area (Å²) >= 11 is 6.20. The Morgan fingerprint density at radius 1 is 1.27 bits per heavy atom. The number of nitrogens with zero attached hydrogens (tertiary/aromatic N) is 2. The molecule has 0 amide bonds. The quantitative estimate of drug-likeness (QED) is 0.736. The van der Waals surface area contributed by atoms with E-state index in [4.69, 9.17) is 18.0 Å². The summed E-state index contributed by atoms with van der Waals surface area (Å²) in [6.07, 6.45) is 8.01. The third-order valence-electron chi connectivity index (χ3n) is 3.65. The number of hydrogen-bond acceptors (Lipinski definition) is 2. The highest BCUT2D eigenvalue weighted by molar-refractivity contribution is 6.31. The number of terminal acetylenes is 1. The second kappa shape index (κ2) is 6.13. The number of hydrogen-bond donors (Lipinski definition) is 1. The minimum atomic E-state index is 0.570. The monoisotopic (exact) mass is 309 g/mol. The number of halogens is 1. The molecule has 0 aliphatic rings. The second-order valence-electron chi connectivity index (χ2n) is 5.09. The first-order valence-electron chi connectivity index (χ1n) is 7.08. The number of imidazole rings is 1. The van der Waals surface area contributed by atoms with Crippen LogP contribution >= 0.6 is 11.6 Å². The molecule has 0 unspecified atom stereocenters. The molecule has 0 spiro atoms. The summed E-state index contributed by atoms with van der Waals surface area (Å²) in [5.74, 6) is 2.69. The molecule has 0 atom stereocenters. The molecule has 0 bridgehead atoms. The van der Waals surface area contributed by atoms with Crippen LogP contribution in [-0.4, -0.2) is 9.38 Å². The van der Waals surface area contributed by atoms with Crippen LogP contribution in [0.3, 0.4) is 0 Å². The van der Waals surface area contributed by atoms with Gasteiger partial charge in [-0.2, -0.15) is 0 Å². The summed E-state index contributed by atoms with van der Waals surface area (Å²) in [6, 6.07) is 11.8. The van der Waals surface area contributed by atoms with Crippen molar-refractivity contribution < 1.29 is 0 Å². The Labute approximate surface area is 135 Å². The maximum atomic E-state index is 6.20. The van der Waals surface area contributed by atoms with Gasteiger partial charge in [-0.3, -0.25) is 0 Å². The van der Waals surface area contributed by atoms with Crippen LogP contribution in [0, 0.1) is 19.3 Å². The Kier molecular flexibility index (Phi) is 4.04. The number of fused-ring (bicyclic) bond motifs is 1. The van der Waals surface area contributed by atoms with Crippen molar-refractivity contribution in [3.05, 3.63) is 64.6 Å². The van der Waals surface area contributed by atoms with E-state index in [1.165, 1.54) is 0 Å². The average Bonchev–Trinajstić information content (AvgIpc) is 2.84. The number of aromatic nitrogens is 2. The summed E-state index contributed by atoms with van der Waals surface area (Å²) < 4.78 is 2.05. The van der Waals surface area contributed by atoms with Crippen molar-refractivity contribution in [2.24, 2.45) is 0 Å². The molecular weight excluding hydrogens is 294 g/mol. The number of anilines is 1. The molecule has 0 aliphatic carbocycles. The summed E-state index contributed by atoms with van der Waals surface area (Å²) in [4.78, 5) is 4.64. The van der Waals surface area contributed by atoms with Gasteiger partial charge in [-0.1, -0.05) is 29.8 Å². The maximum absolute atomic E-state index is 6.20. The topological polar surface area (TPSA) is 29.3 Å². The van der Waals surface area contributed by atoms with E-state index in [0.29, 0.717) is 13.0 Å². The lowest BCUT2D eigenvalue weighted by molar-refractivity contribution is 1.04. The van der Waals surface area contributed by atoms with Crippen molar-refractivity contribution in [1.82, 2.24) is 9.38 Å². The molecule has 2 aromatic heterocycles. The zero-order chi connectivity index (χ0) is 15.5. The van der Waals surface area contributed by atoms with Gasteiger partial charge >= 0.3 is 0 Å². The molecule has 0 radical (unpaired) electrons. The minimum Gasteiger partial charge on any atom is -0.378 e. The van der Waals surface area contributed by atoms with Gasteiger partial charge in [-0.15, -0.1) is 12.3 Å².